The molecule has 0 saturated heterocycles. The van der Waals surface area contributed by atoms with Crippen LogP contribution in [0.3, 0.4) is 0 Å². The van der Waals surface area contributed by atoms with Crippen LogP contribution in [0.5, 0.6) is 11.5 Å². The molecule has 0 atom stereocenters. The smallest absolute Gasteiger partial charge is 0.118 e. The van der Waals surface area contributed by atoms with Gasteiger partial charge in [-0.2, -0.15) is 0 Å². The van der Waals surface area contributed by atoms with Gasteiger partial charge in [-0.1, -0.05) is 36.4 Å². The molecule has 0 bridgehead atoms. The van der Waals surface area contributed by atoms with Gasteiger partial charge in [0.1, 0.15) is 11.5 Å². The van der Waals surface area contributed by atoms with Crippen molar-refractivity contribution in [1.82, 2.24) is 0 Å². The lowest BCUT2D eigenvalue weighted by Crippen LogP contribution is -1.83. The molecular weight excluding hydrogens is 376 g/mol. The zero-order valence-corrected chi connectivity index (χ0v) is 17.1. The van der Waals surface area contributed by atoms with Gasteiger partial charge in [0.05, 0.1) is 14.2 Å². The molecule has 0 aliphatic heterocycles. The van der Waals surface area contributed by atoms with E-state index in [1.54, 1.807) is 14.2 Å². The van der Waals surface area contributed by atoms with Crippen LogP contribution in [-0.2, 0) is 0 Å². The van der Waals surface area contributed by atoms with E-state index in [1.807, 2.05) is 35.6 Å². The highest BCUT2D eigenvalue weighted by Gasteiger charge is 2.09. The Morgan fingerprint density at radius 1 is 0.483 bits per heavy atom. The first-order valence-electron chi connectivity index (χ1n) is 9.50. The summed E-state index contributed by atoms with van der Waals surface area (Å²) < 4.78 is 13.2. The van der Waals surface area contributed by atoms with Crippen LogP contribution in [0.4, 0.5) is 0 Å². The van der Waals surface area contributed by atoms with Crippen molar-refractivity contribution in [3.05, 3.63) is 84.9 Å². The van der Waals surface area contributed by atoms with Crippen LogP contribution in [-0.4, -0.2) is 14.2 Å². The molecule has 0 N–H and O–H groups in total. The van der Waals surface area contributed by atoms with Gasteiger partial charge in [0.2, 0.25) is 0 Å². The van der Waals surface area contributed by atoms with Gasteiger partial charge >= 0.3 is 0 Å². The van der Waals surface area contributed by atoms with E-state index in [0.717, 1.165) is 11.5 Å². The summed E-state index contributed by atoms with van der Waals surface area (Å²) >= 11 is 1.84. The zero-order valence-electron chi connectivity index (χ0n) is 16.3. The van der Waals surface area contributed by atoms with E-state index in [4.69, 9.17) is 9.47 Å². The van der Waals surface area contributed by atoms with Crippen LogP contribution in [0.15, 0.2) is 84.9 Å². The molecule has 0 aliphatic rings. The van der Waals surface area contributed by atoms with E-state index in [1.165, 1.54) is 42.4 Å². The molecule has 29 heavy (non-hydrogen) atoms. The van der Waals surface area contributed by atoms with Crippen molar-refractivity contribution < 1.29 is 9.47 Å². The summed E-state index contributed by atoms with van der Waals surface area (Å²) in [4.78, 5) is 0. The molecule has 1 aromatic heterocycles. The number of methoxy groups -OCH3 is 2. The number of ether oxygens (including phenoxy) is 2. The van der Waals surface area contributed by atoms with E-state index >= 15 is 0 Å². The quantitative estimate of drug-likeness (QED) is 0.315. The van der Waals surface area contributed by atoms with Crippen LogP contribution in [0.25, 0.3) is 42.4 Å². The maximum absolute atomic E-state index is 5.28. The van der Waals surface area contributed by atoms with Gasteiger partial charge in [-0.25, -0.2) is 0 Å². The summed E-state index contributed by atoms with van der Waals surface area (Å²) in [6.07, 6.45) is 0. The summed E-state index contributed by atoms with van der Waals surface area (Å²) in [5, 5.41) is 2.60. The topological polar surface area (TPSA) is 18.5 Å². The average molecular weight is 397 g/mol. The SMILES string of the molecule is COc1ccc(-c2ccc3sc4ccc(-c5ccc(OC)cc5)cc4c3c2)cc1. The Hall–Kier alpha value is -3.30. The first kappa shape index (κ1) is 17.8. The third-order valence-corrected chi connectivity index (χ3v) is 6.47. The summed E-state index contributed by atoms with van der Waals surface area (Å²) in [6, 6.07) is 29.9. The van der Waals surface area contributed by atoms with E-state index in [-0.39, 0.29) is 0 Å². The third-order valence-electron chi connectivity index (χ3n) is 5.32. The van der Waals surface area contributed by atoms with Crippen LogP contribution in [0.1, 0.15) is 0 Å². The fourth-order valence-electron chi connectivity index (χ4n) is 3.70. The fraction of sp³-hybridized carbons (Fsp3) is 0.0769. The lowest BCUT2D eigenvalue weighted by Gasteiger charge is -2.06. The van der Waals surface area contributed by atoms with Gasteiger partial charge in [0, 0.05) is 20.2 Å². The summed E-state index contributed by atoms with van der Waals surface area (Å²) in [6.45, 7) is 0. The highest BCUT2D eigenvalue weighted by atomic mass is 32.1. The van der Waals surface area contributed by atoms with Crippen molar-refractivity contribution >= 4 is 31.5 Å². The predicted molar refractivity (Wildman–Crippen MR) is 123 cm³/mol. The van der Waals surface area contributed by atoms with Crippen molar-refractivity contribution in [3.63, 3.8) is 0 Å². The molecule has 0 saturated carbocycles. The second-order valence-corrected chi connectivity index (χ2v) is 8.06. The van der Waals surface area contributed by atoms with E-state index in [0.29, 0.717) is 0 Å². The number of thiophene rings is 1. The maximum Gasteiger partial charge on any atom is 0.118 e. The first-order valence-corrected chi connectivity index (χ1v) is 10.3. The van der Waals surface area contributed by atoms with Gasteiger partial charge in [0.15, 0.2) is 0 Å². The van der Waals surface area contributed by atoms with Crippen LogP contribution < -0.4 is 9.47 Å². The monoisotopic (exact) mass is 396 g/mol. The number of rotatable bonds is 4. The molecule has 0 radical (unpaired) electrons. The molecule has 0 aliphatic carbocycles. The average Bonchev–Trinajstić information content (AvgIpc) is 3.16. The minimum Gasteiger partial charge on any atom is -0.497 e. The molecule has 0 amide bonds. The maximum atomic E-state index is 5.28. The number of hydrogen-bond donors (Lipinski definition) is 0. The first-order chi connectivity index (χ1) is 14.2. The van der Waals surface area contributed by atoms with Crippen LogP contribution >= 0.6 is 11.3 Å². The minimum absolute atomic E-state index is 0.875. The van der Waals surface area contributed by atoms with E-state index < -0.39 is 0 Å². The highest BCUT2D eigenvalue weighted by Crippen LogP contribution is 2.38. The molecular formula is C26H20O2S. The molecule has 1 heterocycles. The van der Waals surface area contributed by atoms with Gasteiger partial charge in [0.25, 0.3) is 0 Å². The van der Waals surface area contributed by atoms with Gasteiger partial charge < -0.3 is 9.47 Å². The largest absolute Gasteiger partial charge is 0.497 e. The standard InChI is InChI=1S/C26H20O2S/c1-27-21-9-3-17(4-10-21)19-7-13-25-23(15-19)24-16-20(8-14-26(24)29-25)18-5-11-22(28-2)12-6-18/h3-16H,1-2H3. The van der Waals surface area contributed by atoms with Crippen LogP contribution in [0.2, 0.25) is 0 Å². The van der Waals surface area contributed by atoms with Crippen molar-refractivity contribution in [2.24, 2.45) is 0 Å². The van der Waals surface area contributed by atoms with Crippen molar-refractivity contribution in [1.29, 1.82) is 0 Å². The molecule has 5 rings (SSSR count). The number of hydrogen-bond acceptors (Lipinski definition) is 3. The molecule has 142 valence electrons. The Kier molecular flexibility index (Phi) is 4.45. The van der Waals surface area contributed by atoms with E-state index in [2.05, 4.69) is 60.7 Å². The lowest BCUT2D eigenvalue weighted by molar-refractivity contribution is 0.415. The normalized spacial score (nSPS) is 11.1. The zero-order chi connectivity index (χ0) is 19.8. The number of benzene rings is 4. The van der Waals surface area contributed by atoms with Gasteiger partial charge in [-0.15, -0.1) is 11.3 Å². The minimum atomic E-state index is 0.875. The fourth-order valence-corrected chi connectivity index (χ4v) is 4.77. The predicted octanol–water partition coefficient (Wildman–Crippen LogP) is 7.41. The summed E-state index contributed by atoms with van der Waals surface area (Å²) in [5.41, 5.74) is 4.82. The Morgan fingerprint density at radius 2 is 0.862 bits per heavy atom. The second-order valence-electron chi connectivity index (χ2n) is 6.98. The molecule has 5 aromatic rings. The summed E-state index contributed by atoms with van der Waals surface area (Å²) in [5.74, 6) is 1.75. The summed E-state index contributed by atoms with van der Waals surface area (Å²) in [7, 11) is 3.39. The highest BCUT2D eigenvalue weighted by molar-refractivity contribution is 7.25. The second kappa shape index (κ2) is 7.26. The van der Waals surface area contributed by atoms with Crippen molar-refractivity contribution in [2.75, 3.05) is 14.2 Å². The van der Waals surface area contributed by atoms with Gasteiger partial charge in [-0.05, 0) is 70.8 Å². The van der Waals surface area contributed by atoms with E-state index in [9.17, 15) is 0 Å². The molecule has 4 aromatic carbocycles. The Bertz CT molecular complexity index is 1200. The molecule has 2 nitrogen and oxygen atoms in total. The van der Waals surface area contributed by atoms with Crippen LogP contribution in [0, 0.1) is 0 Å². The Morgan fingerprint density at radius 3 is 1.24 bits per heavy atom. The van der Waals surface area contributed by atoms with Crippen molar-refractivity contribution in [3.8, 4) is 33.8 Å². The molecule has 0 spiro atoms. The van der Waals surface area contributed by atoms with Gasteiger partial charge in [-0.3, -0.25) is 0 Å². The molecule has 3 heteroatoms. The van der Waals surface area contributed by atoms with Crippen molar-refractivity contribution in [2.45, 2.75) is 0 Å². The number of fused-ring (bicyclic) bond motifs is 3. The molecule has 0 unspecified atom stereocenters. The Balaban J connectivity index is 1.62. The molecule has 0 fully saturated rings. The third kappa shape index (κ3) is 3.24. The lowest BCUT2D eigenvalue weighted by atomic mass is 10.00. The Labute approximate surface area is 174 Å².